The minimum Gasteiger partial charge on any atom is -0.256 e. The van der Waals surface area contributed by atoms with Crippen molar-refractivity contribution in [1.29, 1.82) is 0 Å². The fourth-order valence-electron chi connectivity index (χ4n) is 3.25. The van der Waals surface area contributed by atoms with Crippen molar-refractivity contribution in [2.45, 2.75) is 33.1 Å². The number of rotatable bonds is 5. The summed E-state index contributed by atoms with van der Waals surface area (Å²) >= 11 is 0. The zero-order valence-corrected chi connectivity index (χ0v) is 15.6. The molecule has 0 amide bonds. The van der Waals surface area contributed by atoms with Gasteiger partial charge in [0.25, 0.3) is 6.43 Å². The van der Waals surface area contributed by atoms with E-state index in [0.717, 1.165) is 22.0 Å². The molecule has 2 aromatic carbocycles. The van der Waals surface area contributed by atoms with Gasteiger partial charge in [0.1, 0.15) is 6.67 Å². The molecule has 140 valence electrons. The molecule has 0 radical (unpaired) electrons. The number of nitrogens with zero attached hydrogens (tertiary/aromatic N) is 1. The maximum Gasteiger partial charge on any atom is 0.264 e. The van der Waals surface area contributed by atoms with Gasteiger partial charge in [-0.15, -0.1) is 0 Å². The predicted molar refractivity (Wildman–Crippen MR) is 106 cm³/mol. The van der Waals surface area contributed by atoms with Crippen molar-refractivity contribution in [1.82, 2.24) is 4.98 Å². The van der Waals surface area contributed by atoms with Gasteiger partial charge in [-0.3, -0.25) is 4.98 Å². The summed E-state index contributed by atoms with van der Waals surface area (Å²) in [5.41, 5.74) is 2.83. The van der Waals surface area contributed by atoms with Gasteiger partial charge in [0.05, 0.1) is 5.69 Å². The first-order chi connectivity index (χ1) is 12.9. The number of hydrogen-bond acceptors (Lipinski definition) is 1. The number of allylic oxidation sites excluding steroid dienone is 2. The number of benzene rings is 2. The van der Waals surface area contributed by atoms with Crippen LogP contribution >= 0.6 is 0 Å². The van der Waals surface area contributed by atoms with Crippen molar-refractivity contribution in [3.05, 3.63) is 71.4 Å². The molecule has 27 heavy (non-hydrogen) atoms. The molecule has 0 spiro atoms. The second-order valence-corrected chi connectivity index (χ2v) is 7.00. The smallest absolute Gasteiger partial charge is 0.256 e. The summed E-state index contributed by atoms with van der Waals surface area (Å²) in [6, 6.07) is 15.0. The Balaban J connectivity index is 2.15. The van der Waals surface area contributed by atoms with Gasteiger partial charge in [-0.05, 0) is 47.1 Å². The second-order valence-electron chi connectivity index (χ2n) is 7.00. The molecule has 0 unspecified atom stereocenters. The molecule has 3 aromatic rings. The third-order valence-corrected chi connectivity index (χ3v) is 4.78. The van der Waals surface area contributed by atoms with Crippen molar-refractivity contribution in [3.63, 3.8) is 0 Å². The van der Waals surface area contributed by atoms with E-state index in [1.165, 1.54) is 12.5 Å². The summed E-state index contributed by atoms with van der Waals surface area (Å²) in [6.45, 7) is 4.78. The fourth-order valence-corrected chi connectivity index (χ4v) is 3.25. The highest BCUT2D eigenvalue weighted by molar-refractivity contribution is 5.95. The minimum absolute atomic E-state index is 0.0506. The van der Waals surface area contributed by atoms with Gasteiger partial charge in [0.2, 0.25) is 0 Å². The monoisotopic (exact) mass is 369 g/mol. The largest absolute Gasteiger partial charge is 0.264 e. The molecule has 0 atom stereocenters. The molecule has 1 aromatic heterocycles. The summed E-state index contributed by atoms with van der Waals surface area (Å²) in [7, 11) is 0. The number of alkyl halides is 3. The van der Waals surface area contributed by atoms with Gasteiger partial charge in [-0.25, -0.2) is 13.2 Å². The van der Waals surface area contributed by atoms with Crippen LogP contribution in [-0.4, -0.2) is 18.1 Å². The van der Waals surface area contributed by atoms with Crippen molar-refractivity contribution in [3.8, 4) is 11.3 Å². The topological polar surface area (TPSA) is 12.9 Å². The lowest BCUT2D eigenvalue weighted by molar-refractivity contribution is 0.214. The van der Waals surface area contributed by atoms with Crippen LogP contribution in [0.25, 0.3) is 27.6 Å². The summed E-state index contributed by atoms with van der Waals surface area (Å²) in [5, 5.41) is 2.02. The molecule has 0 fully saturated rings. The van der Waals surface area contributed by atoms with E-state index in [1.807, 2.05) is 18.2 Å². The Morgan fingerprint density at radius 3 is 2.48 bits per heavy atom. The maximum atomic E-state index is 13.5. The molecule has 0 N–H and O–H groups in total. The first kappa shape index (κ1) is 19.2. The Kier molecular flexibility index (Phi) is 5.64. The van der Waals surface area contributed by atoms with Gasteiger partial charge in [-0.1, -0.05) is 50.2 Å². The van der Waals surface area contributed by atoms with Gasteiger partial charge in [-0.2, -0.15) is 0 Å². The number of fused-ring (bicyclic) bond motifs is 1. The Morgan fingerprint density at radius 2 is 1.81 bits per heavy atom. The minimum atomic E-state index is -2.73. The van der Waals surface area contributed by atoms with Gasteiger partial charge in [0, 0.05) is 22.7 Å². The van der Waals surface area contributed by atoms with Crippen LogP contribution in [0.1, 0.15) is 37.8 Å². The predicted octanol–water partition coefficient (Wildman–Crippen LogP) is 7.03. The number of hydrogen-bond donors (Lipinski definition) is 0. The van der Waals surface area contributed by atoms with Crippen molar-refractivity contribution in [2.24, 2.45) is 0 Å². The summed E-state index contributed by atoms with van der Waals surface area (Å²) in [6.07, 6.45) is -1.00. The average Bonchev–Trinajstić information content (AvgIpc) is 2.67. The van der Waals surface area contributed by atoms with Crippen LogP contribution in [-0.2, 0) is 0 Å². The van der Waals surface area contributed by atoms with E-state index in [0.29, 0.717) is 11.5 Å². The molecule has 0 bridgehead atoms. The first-order valence-electron chi connectivity index (χ1n) is 8.95. The van der Waals surface area contributed by atoms with Crippen LogP contribution in [0, 0.1) is 0 Å². The summed E-state index contributed by atoms with van der Waals surface area (Å²) < 4.78 is 40.0. The Labute approximate surface area is 157 Å². The summed E-state index contributed by atoms with van der Waals surface area (Å²) in [5.74, 6) is 0.414. The molecule has 0 saturated heterocycles. The van der Waals surface area contributed by atoms with Crippen LogP contribution in [0.15, 0.2) is 60.3 Å². The molecule has 0 aliphatic rings. The molecule has 4 heteroatoms. The molecule has 0 saturated carbocycles. The van der Waals surface area contributed by atoms with E-state index >= 15 is 0 Å². The standard InChI is InChI=1S/C23H22F3N/c1-14(2)16-7-8-20-17(11-16)9-10-27-22(20)19-6-4-5-18(12-19)21(23(25)26)15(3)13-24/h4-12,14,23H,13H2,1-3H3. The van der Waals surface area contributed by atoms with E-state index in [1.54, 1.807) is 24.4 Å². The maximum absolute atomic E-state index is 13.5. The second kappa shape index (κ2) is 7.95. The van der Waals surface area contributed by atoms with Crippen molar-refractivity contribution < 1.29 is 13.2 Å². The van der Waals surface area contributed by atoms with Gasteiger partial charge < -0.3 is 0 Å². The van der Waals surface area contributed by atoms with E-state index < -0.39 is 13.1 Å². The zero-order chi connectivity index (χ0) is 19.6. The molecule has 1 heterocycles. The number of aromatic nitrogens is 1. The SMILES string of the molecule is CC(CF)=C(c1cccc(-c2nccc3cc(C(C)C)ccc23)c1)C(F)F. The van der Waals surface area contributed by atoms with Gasteiger partial charge in [0.15, 0.2) is 0 Å². The highest BCUT2D eigenvalue weighted by Crippen LogP contribution is 2.32. The molecule has 0 aliphatic heterocycles. The Hall–Kier alpha value is -2.62. The quantitative estimate of drug-likeness (QED) is 0.470. The average molecular weight is 369 g/mol. The van der Waals surface area contributed by atoms with E-state index in [4.69, 9.17) is 0 Å². The zero-order valence-electron chi connectivity index (χ0n) is 15.6. The van der Waals surface area contributed by atoms with Crippen LogP contribution in [0.4, 0.5) is 13.2 Å². The van der Waals surface area contributed by atoms with E-state index in [-0.39, 0.29) is 11.1 Å². The van der Waals surface area contributed by atoms with Gasteiger partial charge >= 0.3 is 0 Å². The lowest BCUT2D eigenvalue weighted by Gasteiger charge is -2.13. The van der Waals surface area contributed by atoms with Crippen LogP contribution in [0.5, 0.6) is 0 Å². The molecular weight excluding hydrogens is 347 g/mol. The Morgan fingerprint density at radius 1 is 1.04 bits per heavy atom. The molecule has 1 nitrogen and oxygen atoms in total. The molecule has 3 rings (SSSR count). The van der Waals surface area contributed by atoms with Crippen molar-refractivity contribution >= 4 is 16.3 Å². The Bertz CT molecular complexity index is 990. The van der Waals surface area contributed by atoms with Crippen LogP contribution < -0.4 is 0 Å². The molecule has 0 aliphatic carbocycles. The molecular formula is C23H22F3N. The lowest BCUT2D eigenvalue weighted by Crippen LogP contribution is -2.01. The third-order valence-electron chi connectivity index (χ3n) is 4.78. The van der Waals surface area contributed by atoms with E-state index in [2.05, 4.69) is 31.0 Å². The first-order valence-corrected chi connectivity index (χ1v) is 8.95. The van der Waals surface area contributed by atoms with Crippen LogP contribution in [0.3, 0.4) is 0 Å². The normalized spacial score (nSPS) is 12.7. The third kappa shape index (κ3) is 3.90. The lowest BCUT2D eigenvalue weighted by atomic mass is 9.95. The fraction of sp³-hybridized carbons (Fsp3) is 0.261. The highest BCUT2D eigenvalue weighted by atomic mass is 19.3. The highest BCUT2D eigenvalue weighted by Gasteiger charge is 2.18. The number of pyridine rings is 1. The number of halogens is 3. The summed E-state index contributed by atoms with van der Waals surface area (Å²) in [4.78, 5) is 4.48. The van der Waals surface area contributed by atoms with Crippen molar-refractivity contribution in [2.75, 3.05) is 6.67 Å². The van der Waals surface area contributed by atoms with E-state index in [9.17, 15) is 13.2 Å². The van der Waals surface area contributed by atoms with Crippen LogP contribution in [0.2, 0.25) is 0 Å².